The molecule has 0 spiro atoms. The van der Waals surface area contributed by atoms with Crippen molar-refractivity contribution in [1.82, 2.24) is 0 Å². The van der Waals surface area contributed by atoms with Crippen molar-refractivity contribution in [3.05, 3.63) is 69.5 Å². The Bertz CT molecular complexity index is 693. The van der Waals surface area contributed by atoms with Crippen LogP contribution in [0.1, 0.15) is 11.1 Å². The summed E-state index contributed by atoms with van der Waals surface area (Å²) in [5, 5.41) is 19.6. The Labute approximate surface area is 120 Å². The van der Waals surface area contributed by atoms with E-state index in [1.807, 2.05) is 6.07 Å². The number of benzene rings is 2. The Morgan fingerprint density at radius 1 is 1.19 bits per heavy atom. The van der Waals surface area contributed by atoms with Gasteiger partial charge in [-0.25, -0.2) is 4.39 Å². The average Bonchev–Trinajstić information content (AvgIpc) is 2.47. The molecule has 6 heteroatoms. The van der Waals surface area contributed by atoms with Crippen LogP contribution in [0.3, 0.4) is 0 Å². The minimum atomic E-state index is -0.555. The molecule has 2 aromatic rings. The van der Waals surface area contributed by atoms with Crippen LogP contribution in [0.4, 0.5) is 10.1 Å². The van der Waals surface area contributed by atoms with Crippen LogP contribution in [0.25, 0.3) is 0 Å². The fraction of sp³-hybridized carbons (Fsp3) is 0.133. The Hall–Kier alpha value is -2.94. The fourth-order valence-corrected chi connectivity index (χ4v) is 1.77. The van der Waals surface area contributed by atoms with E-state index in [9.17, 15) is 14.5 Å². The lowest BCUT2D eigenvalue weighted by molar-refractivity contribution is -0.386. The van der Waals surface area contributed by atoms with Crippen LogP contribution in [-0.2, 0) is 13.0 Å². The van der Waals surface area contributed by atoms with E-state index in [2.05, 4.69) is 0 Å². The van der Waals surface area contributed by atoms with Crippen molar-refractivity contribution < 1.29 is 14.1 Å². The van der Waals surface area contributed by atoms with E-state index in [1.54, 1.807) is 18.2 Å². The summed E-state index contributed by atoms with van der Waals surface area (Å²) >= 11 is 0. The highest BCUT2D eigenvalue weighted by molar-refractivity contribution is 5.49. The quantitative estimate of drug-likeness (QED) is 0.623. The van der Waals surface area contributed by atoms with Crippen molar-refractivity contribution in [1.29, 1.82) is 5.26 Å². The molecule has 5 nitrogen and oxygen atoms in total. The van der Waals surface area contributed by atoms with E-state index in [1.165, 1.54) is 24.3 Å². The molecule has 0 saturated heterocycles. The minimum Gasteiger partial charge on any atom is -0.482 e. The van der Waals surface area contributed by atoms with Crippen LogP contribution in [0, 0.1) is 27.3 Å². The summed E-state index contributed by atoms with van der Waals surface area (Å²) in [6.45, 7) is 0.0959. The van der Waals surface area contributed by atoms with Crippen molar-refractivity contribution in [2.75, 3.05) is 0 Å². The molecule has 0 N–H and O–H groups in total. The zero-order valence-electron chi connectivity index (χ0n) is 11.0. The van der Waals surface area contributed by atoms with Gasteiger partial charge in [0.1, 0.15) is 12.4 Å². The van der Waals surface area contributed by atoms with E-state index >= 15 is 0 Å². The molecule has 2 aromatic carbocycles. The van der Waals surface area contributed by atoms with Crippen molar-refractivity contribution in [3.8, 4) is 11.8 Å². The zero-order chi connectivity index (χ0) is 15.2. The predicted octanol–water partition coefficient (Wildman–Crippen LogP) is 3.38. The van der Waals surface area contributed by atoms with Gasteiger partial charge in [-0.1, -0.05) is 18.2 Å². The summed E-state index contributed by atoms with van der Waals surface area (Å²) in [4.78, 5) is 10.5. The summed E-state index contributed by atoms with van der Waals surface area (Å²) in [7, 11) is 0. The number of nitriles is 1. The lowest BCUT2D eigenvalue weighted by Crippen LogP contribution is -2.00. The Kier molecular flexibility index (Phi) is 4.46. The maximum atomic E-state index is 12.8. The first-order valence-corrected chi connectivity index (χ1v) is 6.11. The molecule has 0 radical (unpaired) electrons. The molecule has 0 unspecified atom stereocenters. The molecule has 0 bridgehead atoms. The standard InChI is InChI=1S/C15H11FN2O3/c16-13-4-1-12(2-5-13)10-21-15-6-3-11(7-8-17)9-14(15)18(19)20/h1-6,9H,7,10H2. The molecule has 0 fully saturated rings. The van der Waals surface area contributed by atoms with Gasteiger partial charge in [-0.2, -0.15) is 5.26 Å². The topological polar surface area (TPSA) is 76.2 Å². The van der Waals surface area contributed by atoms with Crippen LogP contribution >= 0.6 is 0 Å². The van der Waals surface area contributed by atoms with Gasteiger partial charge in [-0.3, -0.25) is 10.1 Å². The summed E-state index contributed by atoms with van der Waals surface area (Å²) in [6, 6.07) is 12.0. The zero-order valence-corrected chi connectivity index (χ0v) is 11.0. The van der Waals surface area contributed by atoms with Crippen molar-refractivity contribution in [3.63, 3.8) is 0 Å². The van der Waals surface area contributed by atoms with E-state index in [-0.39, 0.29) is 30.3 Å². The first-order chi connectivity index (χ1) is 10.1. The van der Waals surface area contributed by atoms with E-state index in [0.717, 1.165) is 0 Å². The summed E-state index contributed by atoms with van der Waals surface area (Å²) in [5.74, 6) is -0.239. The van der Waals surface area contributed by atoms with Crippen molar-refractivity contribution in [2.24, 2.45) is 0 Å². The third kappa shape index (κ3) is 3.76. The third-order valence-electron chi connectivity index (χ3n) is 2.81. The Morgan fingerprint density at radius 2 is 1.86 bits per heavy atom. The fourth-order valence-electron chi connectivity index (χ4n) is 1.77. The second kappa shape index (κ2) is 6.48. The molecule has 0 aliphatic carbocycles. The van der Waals surface area contributed by atoms with Gasteiger partial charge in [0, 0.05) is 6.07 Å². The minimum absolute atomic E-state index is 0.0959. The average molecular weight is 286 g/mol. The Morgan fingerprint density at radius 3 is 2.48 bits per heavy atom. The number of nitro benzene ring substituents is 1. The molecule has 0 aliphatic rings. The predicted molar refractivity (Wildman–Crippen MR) is 73.1 cm³/mol. The van der Waals surface area contributed by atoms with E-state index < -0.39 is 4.92 Å². The highest BCUT2D eigenvalue weighted by Crippen LogP contribution is 2.28. The van der Waals surface area contributed by atoms with E-state index in [0.29, 0.717) is 11.1 Å². The van der Waals surface area contributed by atoms with Gasteiger partial charge in [0.05, 0.1) is 17.4 Å². The number of nitro groups is 1. The SMILES string of the molecule is N#CCc1ccc(OCc2ccc(F)cc2)c([N+](=O)[O-])c1. The van der Waals surface area contributed by atoms with Crippen LogP contribution in [0.5, 0.6) is 5.75 Å². The molecule has 0 atom stereocenters. The number of nitrogens with zero attached hydrogens (tertiary/aromatic N) is 2. The van der Waals surface area contributed by atoms with Crippen LogP contribution < -0.4 is 4.74 Å². The highest BCUT2D eigenvalue weighted by atomic mass is 19.1. The molecular formula is C15H11FN2O3. The molecule has 0 amide bonds. The molecule has 21 heavy (non-hydrogen) atoms. The molecule has 0 heterocycles. The first-order valence-electron chi connectivity index (χ1n) is 6.11. The highest BCUT2D eigenvalue weighted by Gasteiger charge is 2.16. The van der Waals surface area contributed by atoms with Gasteiger partial charge in [0.15, 0.2) is 5.75 Å². The molecular weight excluding hydrogens is 275 g/mol. The molecule has 0 saturated carbocycles. The van der Waals surface area contributed by atoms with E-state index in [4.69, 9.17) is 10.00 Å². The third-order valence-corrected chi connectivity index (χ3v) is 2.81. The lowest BCUT2D eigenvalue weighted by atomic mass is 10.1. The molecule has 2 rings (SSSR count). The number of halogens is 1. The van der Waals surface area contributed by atoms with Gasteiger partial charge >= 0.3 is 5.69 Å². The van der Waals surface area contributed by atoms with Gasteiger partial charge in [0.2, 0.25) is 0 Å². The number of rotatable bonds is 5. The smallest absolute Gasteiger partial charge is 0.311 e. The van der Waals surface area contributed by atoms with Gasteiger partial charge in [0.25, 0.3) is 0 Å². The van der Waals surface area contributed by atoms with Crippen LogP contribution in [0.15, 0.2) is 42.5 Å². The van der Waals surface area contributed by atoms with Crippen LogP contribution in [-0.4, -0.2) is 4.92 Å². The molecule has 106 valence electrons. The monoisotopic (exact) mass is 286 g/mol. The maximum absolute atomic E-state index is 12.8. The molecule has 0 aromatic heterocycles. The second-order valence-electron chi connectivity index (χ2n) is 4.31. The largest absolute Gasteiger partial charge is 0.482 e. The van der Waals surface area contributed by atoms with Gasteiger partial charge in [-0.15, -0.1) is 0 Å². The number of ether oxygens (including phenoxy) is 1. The second-order valence-corrected chi connectivity index (χ2v) is 4.31. The number of hydrogen-bond acceptors (Lipinski definition) is 4. The first kappa shape index (κ1) is 14.5. The van der Waals surface area contributed by atoms with Crippen molar-refractivity contribution in [2.45, 2.75) is 13.0 Å². The van der Waals surface area contributed by atoms with Crippen LogP contribution in [0.2, 0.25) is 0 Å². The van der Waals surface area contributed by atoms with Crippen molar-refractivity contribution >= 4 is 5.69 Å². The van der Waals surface area contributed by atoms with Gasteiger partial charge in [-0.05, 0) is 29.3 Å². The summed E-state index contributed by atoms with van der Waals surface area (Å²) in [6.07, 6.45) is 0.0963. The summed E-state index contributed by atoms with van der Waals surface area (Å²) < 4.78 is 18.2. The summed E-state index contributed by atoms with van der Waals surface area (Å²) in [5.41, 5.74) is 1.06. The number of hydrogen-bond donors (Lipinski definition) is 0. The Balaban J connectivity index is 2.17. The normalized spacial score (nSPS) is 9.90. The molecule has 0 aliphatic heterocycles. The van der Waals surface area contributed by atoms with Gasteiger partial charge < -0.3 is 4.74 Å². The lowest BCUT2D eigenvalue weighted by Gasteiger charge is -2.07. The maximum Gasteiger partial charge on any atom is 0.311 e.